The van der Waals surface area contributed by atoms with E-state index in [-0.39, 0.29) is 0 Å². The molecule has 0 aliphatic rings. The lowest BCUT2D eigenvalue weighted by molar-refractivity contribution is 0.473. The smallest absolute Gasteiger partial charge is 0.112 e. The van der Waals surface area contributed by atoms with Crippen LogP contribution in [0.3, 0.4) is 0 Å². The van der Waals surface area contributed by atoms with E-state index in [1.165, 1.54) is 4.88 Å². The summed E-state index contributed by atoms with van der Waals surface area (Å²) in [4.78, 5) is 1.36. The van der Waals surface area contributed by atoms with Crippen LogP contribution < -0.4 is 0 Å². The van der Waals surface area contributed by atoms with Crippen molar-refractivity contribution >= 4 is 11.3 Å². The maximum atomic E-state index is 5.58. The van der Waals surface area contributed by atoms with Gasteiger partial charge in [0.05, 0.1) is 0 Å². The molecule has 0 saturated carbocycles. The quantitative estimate of drug-likeness (QED) is 0.705. The summed E-state index contributed by atoms with van der Waals surface area (Å²) in [6.07, 6.45) is 0. The number of hydrogen-bond acceptors (Lipinski definition) is 2. The first kappa shape index (κ1) is 8.57. The molecule has 0 aromatic carbocycles. The van der Waals surface area contributed by atoms with Gasteiger partial charge in [-0.3, -0.25) is 0 Å². The Morgan fingerprint density at radius 2 is 2.15 bits per heavy atom. The molecule has 2 aromatic rings. The van der Waals surface area contributed by atoms with Crippen molar-refractivity contribution < 1.29 is 4.42 Å². The molecule has 68 valence electrons. The zero-order valence-electron chi connectivity index (χ0n) is 7.78. The standard InChI is InChI=1S/C11H12OS/c1-8-5-6-10(12-8)9(2)11-4-3-7-13-11/h3-7,9H,1-2H3/t9-/m0/s1. The number of thiophene rings is 1. The van der Waals surface area contributed by atoms with Crippen LogP contribution in [-0.4, -0.2) is 0 Å². The summed E-state index contributed by atoms with van der Waals surface area (Å²) in [7, 11) is 0. The summed E-state index contributed by atoms with van der Waals surface area (Å²) in [6, 6.07) is 8.29. The number of rotatable bonds is 2. The fourth-order valence-corrected chi connectivity index (χ4v) is 2.16. The van der Waals surface area contributed by atoms with Gasteiger partial charge in [-0.05, 0) is 30.5 Å². The van der Waals surface area contributed by atoms with E-state index in [0.717, 1.165) is 11.5 Å². The Morgan fingerprint density at radius 1 is 1.31 bits per heavy atom. The molecule has 0 aliphatic heterocycles. The Hall–Kier alpha value is -1.02. The predicted octanol–water partition coefficient (Wildman–Crippen LogP) is 3.80. The molecule has 1 nitrogen and oxygen atoms in total. The van der Waals surface area contributed by atoms with Gasteiger partial charge in [-0.2, -0.15) is 0 Å². The van der Waals surface area contributed by atoms with Gasteiger partial charge in [0.15, 0.2) is 0 Å². The predicted molar refractivity (Wildman–Crippen MR) is 55.3 cm³/mol. The van der Waals surface area contributed by atoms with Crippen LogP contribution in [0.25, 0.3) is 0 Å². The zero-order chi connectivity index (χ0) is 9.26. The highest BCUT2D eigenvalue weighted by atomic mass is 32.1. The van der Waals surface area contributed by atoms with Crippen LogP contribution in [0.5, 0.6) is 0 Å². The second-order valence-electron chi connectivity index (χ2n) is 3.19. The van der Waals surface area contributed by atoms with Crippen LogP contribution in [-0.2, 0) is 0 Å². The summed E-state index contributed by atoms with van der Waals surface area (Å²) in [5.41, 5.74) is 0. The third-order valence-corrected chi connectivity index (χ3v) is 3.21. The van der Waals surface area contributed by atoms with Crippen molar-refractivity contribution in [2.45, 2.75) is 19.8 Å². The van der Waals surface area contributed by atoms with Gasteiger partial charge in [0.25, 0.3) is 0 Å². The normalized spacial score (nSPS) is 13.1. The fourth-order valence-electron chi connectivity index (χ4n) is 1.36. The first-order chi connectivity index (χ1) is 6.27. The maximum absolute atomic E-state index is 5.58. The average molecular weight is 192 g/mol. The zero-order valence-corrected chi connectivity index (χ0v) is 8.60. The van der Waals surface area contributed by atoms with Crippen molar-refractivity contribution in [1.29, 1.82) is 0 Å². The van der Waals surface area contributed by atoms with Crippen molar-refractivity contribution in [3.05, 3.63) is 46.0 Å². The molecule has 2 aromatic heterocycles. The summed E-state index contributed by atoms with van der Waals surface area (Å²) in [6.45, 7) is 4.15. The van der Waals surface area contributed by atoms with E-state index in [4.69, 9.17) is 4.42 Å². The third-order valence-electron chi connectivity index (χ3n) is 2.16. The minimum absolute atomic E-state index is 0.383. The summed E-state index contributed by atoms with van der Waals surface area (Å²) in [5, 5.41) is 2.10. The van der Waals surface area contributed by atoms with Gasteiger partial charge < -0.3 is 4.42 Å². The molecule has 2 heteroatoms. The highest BCUT2D eigenvalue weighted by molar-refractivity contribution is 7.10. The Balaban J connectivity index is 2.28. The largest absolute Gasteiger partial charge is 0.466 e. The third kappa shape index (κ3) is 1.68. The Labute approximate surface area is 82.0 Å². The molecular weight excluding hydrogens is 180 g/mol. The topological polar surface area (TPSA) is 13.1 Å². The van der Waals surface area contributed by atoms with Crippen molar-refractivity contribution in [2.75, 3.05) is 0 Å². The first-order valence-corrected chi connectivity index (χ1v) is 5.25. The van der Waals surface area contributed by atoms with Gasteiger partial charge in [-0.15, -0.1) is 11.3 Å². The summed E-state index contributed by atoms with van der Waals surface area (Å²) >= 11 is 1.78. The lowest BCUT2D eigenvalue weighted by atomic mass is 10.1. The molecule has 13 heavy (non-hydrogen) atoms. The first-order valence-electron chi connectivity index (χ1n) is 4.37. The van der Waals surface area contributed by atoms with Crippen LogP contribution >= 0.6 is 11.3 Å². The Kier molecular flexibility index (Phi) is 2.23. The monoisotopic (exact) mass is 192 g/mol. The second-order valence-corrected chi connectivity index (χ2v) is 4.16. The summed E-state index contributed by atoms with van der Waals surface area (Å²) in [5.74, 6) is 2.42. The molecule has 2 heterocycles. The van der Waals surface area contributed by atoms with E-state index >= 15 is 0 Å². The van der Waals surface area contributed by atoms with Gasteiger partial charge in [0.1, 0.15) is 11.5 Å². The van der Waals surface area contributed by atoms with E-state index < -0.39 is 0 Å². The van der Waals surface area contributed by atoms with Gasteiger partial charge in [-0.1, -0.05) is 13.0 Å². The van der Waals surface area contributed by atoms with E-state index in [1.54, 1.807) is 11.3 Å². The molecular formula is C11H12OS. The lowest BCUT2D eigenvalue weighted by Crippen LogP contribution is -1.89. The maximum Gasteiger partial charge on any atom is 0.112 e. The number of aryl methyl sites for hydroxylation is 1. The fraction of sp³-hybridized carbons (Fsp3) is 0.273. The van der Waals surface area contributed by atoms with Crippen LogP contribution in [0.15, 0.2) is 34.1 Å². The SMILES string of the molecule is Cc1ccc([C@H](C)c2cccs2)o1. The van der Waals surface area contributed by atoms with Gasteiger partial charge in [0.2, 0.25) is 0 Å². The van der Waals surface area contributed by atoms with Crippen molar-refractivity contribution in [3.8, 4) is 0 Å². The molecule has 2 rings (SSSR count). The van der Waals surface area contributed by atoms with Crippen LogP contribution in [0.1, 0.15) is 29.2 Å². The van der Waals surface area contributed by atoms with Crippen molar-refractivity contribution in [1.82, 2.24) is 0 Å². The van der Waals surface area contributed by atoms with E-state index in [9.17, 15) is 0 Å². The average Bonchev–Trinajstić information content (AvgIpc) is 2.72. The number of furan rings is 1. The molecule has 0 spiro atoms. The molecule has 0 amide bonds. The minimum Gasteiger partial charge on any atom is -0.466 e. The number of hydrogen-bond donors (Lipinski definition) is 0. The van der Waals surface area contributed by atoms with E-state index in [2.05, 4.69) is 30.5 Å². The summed E-state index contributed by atoms with van der Waals surface area (Å²) < 4.78 is 5.58. The van der Waals surface area contributed by atoms with Crippen molar-refractivity contribution in [2.24, 2.45) is 0 Å². The van der Waals surface area contributed by atoms with E-state index in [1.807, 2.05) is 13.0 Å². The Bertz CT molecular complexity index is 372. The van der Waals surface area contributed by atoms with Crippen LogP contribution in [0.4, 0.5) is 0 Å². The van der Waals surface area contributed by atoms with Crippen LogP contribution in [0, 0.1) is 6.92 Å². The molecule has 0 saturated heterocycles. The van der Waals surface area contributed by atoms with Gasteiger partial charge >= 0.3 is 0 Å². The van der Waals surface area contributed by atoms with Crippen molar-refractivity contribution in [3.63, 3.8) is 0 Å². The van der Waals surface area contributed by atoms with Gasteiger partial charge in [-0.25, -0.2) is 0 Å². The molecule has 0 unspecified atom stereocenters. The molecule has 1 atom stereocenters. The molecule has 0 bridgehead atoms. The molecule has 0 radical (unpaired) electrons. The molecule has 0 aliphatic carbocycles. The second kappa shape index (κ2) is 3.38. The highest BCUT2D eigenvalue weighted by Gasteiger charge is 2.12. The van der Waals surface area contributed by atoms with Crippen LogP contribution in [0.2, 0.25) is 0 Å². The Morgan fingerprint density at radius 3 is 2.69 bits per heavy atom. The van der Waals surface area contributed by atoms with E-state index in [0.29, 0.717) is 5.92 Å². The molecule has 0 N–H and O–H groups in total. The minimum atomic E-state index is 0.383. The lowest BCUT2D eigenvalue weighted by Gasteiger charge is -2.04. The van der Waals surface area contributed by atoms with Gasteiger partial charge in [0, 0.05) is 10.8 Å². The molecule has 0 fully saturated rings. The highest BCUT2D eigenvalue weighted by Crippen LogP contribution is 2.28.